The van der Waals surface area contributed by atoms with E-state index in [0.29, 0.717) is 6.54 Å². The van der Waals surface area contributed by atoms with Crippen LogP contribution >= 0.6 is 0 Å². The lowest BCUT2D eigenvalue weighted by Gasteiger charge is -2.20. The highest BCUT2D eigenvalue weighted by Crippen LogP contribution is 2.48. The Kier molecular flexibility index (Phi) is 4.32. The highest BCUT2D eigenvalue weighted by molar-refractivity contribution is 5.79. The van der Waals surface area contributed by atoms with E-state index in [9.17, 15) is 0 Å². The smallest absolute Gasteiger partial charge is 0.191 e. The van der Waals surface area contributed by atoms with Gasteiger partial charge in [0.05, 0.1) is 6.54 Å². The van der Waals surface area contributed by atoms with E-state index in [1.807, 2.05) is 28.8 Å². The first-order valence-electron chi connectivity index (χ1n) is 9.01. The molecule has 0 spiro atoms. The third kappa shape index (κ3) is 3.14. The maximum Gasteiger partial charge on any atom is 0.191 e. The monoisotopic (exact) mass is 348 g/mol. The van der Waals surface area contributed by atoms with Crippen LogP contribution in [0.5, 0.6) is 0 Å². The molecule has 1 aliphatic carbocycles. The lowest BCUT2D eigenvalue weighted by Crippen LogP contribution is -2.41. The Morgan fingerprint density at radius 1 is 1.12 bits per heavy atom. The lowest BCUT2D eigenvalue weighted by molar-refractivity contribution is 0.639. The Morgan fingerprint density at radius 3 is 2.69 bits per heavy atom. The zero-order chi connectivity index (χ0) is 18.0. The minimum Gasteiger partial charge on any atom is -0.356 e. The van der Waals surface area contributed by atoms with Gasteiger partial charge in [0.2, 0.25) is 0 Å². The van der Waals surface area contributed by atoms with Crippen LogP contribution in [0.15, 0.2) is 53.7 Å². The van der Waals surface area contributed by atoms with Crippen molar-refractivity contribution in [2.45, 2.75) is 31.7 Å². The van der Waals surface area contributed by atoms with Crippen LogP contribution in [0.25, 0.3) is 5.65 Å². The molecule has 1 fully saturated rings. The number of rotatable bonds is 5. The minimum atomic E-state index is 0.241. The van der Waals surface area contributed by atoms with Gasteiger partial charge in [-0.25, -0.2) is 0 Å². The first-order valence-corrected chi connectivity index (χ1v) is 9.01. The number of pyridine rings is 1. The van der Waals surface area contributed by atoms with E-state index in [1.54, 1.807) is 7.05 Å². The van der Waals surface area contributed by atoms with E-state index in [-0.39, 0.29) is 5.41 Å². The zero-order valence-corrected chi connectivity index (χ0v) is 15.2. The Labute approximate surface area is 153 Å². The molecule has 134 valence electrons. The van der Waals surface area contributed by atoms with Crippen LogP contribution in [-0.2, 0) is 12.0 Å². The maximum atomic E-state index is 4.35. The summed E-state index contributed by atoms with van der Waals surface area (Å²) in [4.78, 5) is 4.35. The summed E-state index contributed by atoms with van der Waals surface area (Å²) in [6.45, 7) is 3.65. The number of nitrogens with zero attached hydrogens (tertiary/aromatic N) is 4. The number of guanidine groups is 1. The molecule has 6 nitrogen and oxygen atoms in total. The minimum absolute atomic E-state index is 0.241. The number of hydrogen-bond acceptors (Lipinski definition) is 3. The topological polar surface area (TPSA) is 66.6 Å². The standard InChI is InChI=1S/C20H24N6/c1-15-7-3-4-8-16(15)20(10-11-20)14-23-19(21-2)22-13-18-25-24-17-9-5-6-12-26(17)18/h3-9,12H,10-11,13-14H2,1-2H3,(H2,21,22,23). The molecular weight excluding hydrogens is 324 g/mol. The number of aliphatic imine (C=N–C) groups is 1. The van der Waals surface area contributed by atoms with Gasteiger partial charge in [-0.2, -0.15) is 0 Å². The highest BCUT2D eigenvalue weighted by Gasteiger charge is 2.44. The largest absolute Gasteiger partial charge is 0.356 e. The molecule has 0 atom stereocenters. The summed E-state index contributed by atoms with van der Waals surface area (Å²) in [5.41, 5.74) is 3.91. The molecular formula is C20H24N6. The van der Waals surface area contributed by atoms with Crippen molar-refractivity contribution in [1.29, 1.82) is 0 Å². The first kappa shape index (κ1) is 16.6. The van der Waals surface area contributed by atoms with Crippen LogP contribution in [0.3, 0.4) is 0 Å². The fourth-order valence-electron chi connectivity index (χ4n) is 3.51. The molecule has 1 aliphatic rings. The van der Waals surface area contributed by atoms with Gasteiger partial charge in [-0.1, -0.05) is 30.3 Å². The molecule has 0 saturated heterocycles. The summed E-state index contributed by atoms with van der Waals surface area (Å²) in [5, 5.41) is 15.3. The molecule has 1 saturated carbocycles. The second-order valence-electron chi connectivity index (χ2n) is 6.92. The summed E-state index contributed by atoms with van der Waals surface area (Å²) in [6, 6.07) is 14.6. The highest BCUT2D eigenvalue weighted by atomic mass is 15.3. The summed E-state index contributed by atoms with van der Waals surface area (Å²) in [5.74, 6) is 1.65. The predicted octanol–water partition coefficient (Wildman–Crippen LogP) is 2.43. The number of hydrogen-bond donors (Lipinski definition) is 2. The van der Waals surface area contributed by atoms with Crippen LogP contribution < -0.4 is 10.6 Å². The van der Waals surface area contributed by atoms with Gasteiger partial charge in [-0.3, -0.25) is 9.39 Å². The second-order valence-corrected chi connectivity index (χ2v) is 6.92. The molecule has 4 rings (SSSR count). The Balaban J connectivity index is 1.39. The van der Waals surface area contributed by atoms with Crippen molar-refractivity contribution < 1.29 is 0 Å². The molecule has 2 N–H and O–H groups in total. The van der Waals surface area contributed by atoms with Crippen molar-refractivity contribution in [1.82, 2.24) is 25.2 Å². The van der Waals surface area contributed by atoms with Crippen molar-refractivity contribution in [2.75, 3.05) is 13.6 Å². The quantitative estimate of drug-likeness (QED) is 0.549. The van der Waals surface area contributed by atoms with Gasteiger partial charge in [0.25, 0.3) is 0 Å². The van der Waals surface area contributed by atoms with Crippen molar-refractivity contribution in [3.05, 3.63) is 65.6 Å². The van der Waals surface area contributed by atoms with Crippen molar-refractivity contribution >= 4 is 11.6 Å². The molecule has 6 heteroatoms. The van der Waals surface area contributed by atoms with Gasteiger partial charge >= 0.3 is 0 Å². The van der Waals surface area contributed by atoms with Crippen molar-refractivity contribution in [3.8, 4) is 0 Å². The predicted molar refractivity (Wildman–Crippen MR) is 103 cm³/mol. The fraction of sp³-hybridized carbons (Fsp3) is 0.350. The number of aromatic nitrogens is 3. The average Bonchev–Trinajstić information content (AvgIpc) is 3.35. The van der Waals surface area contributed by atoms with Crippen molar-refractivity contribution in [3.63, 3.8) is 0 Å². The van der Waals surface area contributed by atoms with Gasteiger partial charge in [0.1, 0.15) is 0 Å². The SMILES string of the molecule is CN=C(NCc1nnc2ccccn12)NCC1(c2ccccc2C)CC1. The Morgan fingerprint density at radius 2 is 1.92 bits per heavy atom. The molecule has 0 radical (unpaired) electrons. The molecule has 2 heterocycles. The lowest BCUT2D eigenvalue weighted by atomic mass is 9.92. The summed E-state index contributed by atoms with van der Waals surface area (Å²) in [7, 11) is 1.80. The van der Waals surface area contributed by atoms with Gasteiger partial charge < -0.3 is 10.6 Å². The Hall–Kier alpha value is -2.89. The average molecular weight is 348 g/mol. The van der Waals surface area contributed by atoms with Gasteiger partial charge in [-0.05, 0) is 43.0 Å². The summed E-state index contributed by atoms with van der Waals surface area (Å²) in [6.07, 6.45) is 4.41. The van der Waals surface area contributed by atoms with E-state index < -0.39 is 0 Å². The van der Waals surface area contributed by atoms with Crippen LogP contribution in [0.4, 0.5) is 0 Å². The van der Waals surface area contributed by atoms with E-state index in [0.717, 1.165) is 24.0 Å². The zero-order valence-electron chi connectivity index (χ0n) is 15.2. The molecule has 3 aromatic rings. The molecule has 0 bridgehead atoms. The molecule has 0 amide bonds. The summed E-state index contributed by atoms with van der Waals surface area (Å²) < 4.78 is 1.98. The number of fused-ring (bicyclic) bond motifs is 1. The second kappa shape index (κ2) is 6.78. The third-order valence-electron chi connectivity index (χ3n) is 5.19. The molecule has 26 heavy (non-hydrogen) atoms. The van der Waals surface area contributed by atoms with E-state index in [1.165, 1.54) is 24.0 Å². The fourth-order valence-corrected chi connectivity index (χ4v) is 3.51. The van der Waals surface area contributed by atoms with Crippen LogP contribution in [0.1, 0.15) is 29.8 Å². The van der Waals surface area contributed by atoms with Crippen LogP contribution in [0.2, 0.25) is 0 Å². The van der Waals surface area contributed by atoms with Gasteiger partial charge in [0.15, 0.2) is 17.4 Å². The maximum absolute atomic E-state index is 4.35. The molecule has 0 aliphatic heterocycles. The van der Waals surface area contributed by atoms with Crippen LogP contribution in [0, 0.1) is 6.92 Å². The van der Waals surface area contributed by atoms with E-state index >= 15 is 0 Å². The number of aryl methyl sites for hydroxylation is 1. The molecule has 1 aromatic carbocycles. The molecule has 2 aromatic heterocycles. The first-order chi connectivity index (χ1) is 12.7. The van der Waals surface area contributed by atoms with Crippen LogP contribution in [-0.4, -0.2) is 34.2 Å². The van der Waals surface area contributed by atoms with E-state index in [4.69, 9.17) is 0 Å². The molecule has 0 unspecified atom stereocenters. The number of nitrogens with one attached hydrogen (secondary N) is 2. The number of benzene rings is 1. The summed E-state index contributed by atoms with van der Waals surface area (Å²) >= 11 is 0. The normalized spacial score (nSPS) is 15.8. The van der Waals surface area contributed by atoms with Gasteiger partial charge in [-0.15, -0.1) is 10.2 Å². The van der Waals surface area contributed by atoms with Gasteiger partial charge in [0, 0.05) is 25.2 Å². The van der Waals surface area contributed by atoms with Crippen molar-refractivity contribution in [2.24, 2.45) is 4.99 Å². The Bertz CT molecular complexity index is 938. The van der Waals surface area contributed by atoms with E-state index in [2.05, 4.69) is 57.0 Å². The third-order valence-corrected chi connectivity index (χ3v) is 5.19.